The van der Waals surface area contributed by atoms with Crippen molar-refractivity contribution in [2.75, 3.05) is 0 Å². The molecule has 10 heavy (non-hydrogen) atoms. The van der Waals surface area contributed by atoms with Crippen molar-refractivity contribution in [2.24, 2.45) is 0 Å². The summed E-state index contributed by atoms with van der Waals surface area (Å²) in [6, 6.07) is 0. The first kappa shape index (κ1) is 9.97. The molecule has 0 heterocycles. The third-order valence-electron chi connectivity index (χ3n) is 0.574. The van der Waals surface area contributed by atoms with E-state index in [1.807, 2.05) is 0 Å². The van der Waals surface area contributed by atoms with Crippen molar-refractivity contribution in [3.05, 3.63) is 0 Å². The Bertz CT molecular complexity index is 105. The maximum atomic E-state index is 11.7. The fourth-order valence-corrected chi connectivity index (χ4v) is 0.387. The zero-order chi connectivity index (χ0) is 8.36. The Hall–Kier alpha value is -0.0300. The van der Waals surface area contributed by atoms with Crippen LogP contribution in [0.4, 0.5) is 17.6 Å². The fourth-order valence-electron chi connectivity index (χ4n) is 0.268. The molecule has 62 valence electrons. The van der Waals surface area contributed by atoms with Crippen molar-refractivity contribution in [3.8, 4) is 0 Å². The van der Waals surface area contributed by atoms with E-state index in [2.05, 4.69) is 4.74 Å². The SMILES string of the molecule is CC(Cl)OC(F)(F)C(F)F. The summed E-state index contributed by atoms with van der Waals surface area (Å²) in [6.45, 7) is 1.03. The molecule has 0 spiro atoms. The molecule has 1 nitrogen and oxygen atoms in total. The largest absolute Gasteiger partial charge is 0.417 e. The minimum atomic E-state index is -4.44. The van der Waals surface area contributed by atoms with E-state index in [1.54, 1.807) is 0 Å². The van der Waals surface area contributed by atoms with Crippen LogP contribution in [0.2, 0.25) is 0 Å². The Morgan fingerprint density at radius 2 is 1.80 bits per heavy atom. The number of hydrogen-bond donors (Lipinski definition) is 0. The summed E-state index contributed by atoms with van der Waals surface area (Å²) in [4.78, 5) is 0. The normalized spacial score (nSPS) is 15.9. The predicted molar refractivity (Wildman–Crippen MR) is 27.4 cm³/mol. The van der Waals surface area contributed by atoms with Gasteiger partial charge < -0.3 is 0 Å². The first-order chi connectivity index (χ1) is 4.36. The Balaban J connectivity index is 3.87. The second kappa shape index (κ2) is 3.39. The molecular weight excluding hydrogens is 175 g/mol. The van der Waals surface area contributed by atoms with Gasteiger partial charge in [0, 0.05) is 0 Å². The summed E-state index contributed by atoms with van der Waals surface area (Å²) in [5.41, 5.74) is -1.43. The molecular formula is C4H5ClF4O. The summed E-state index contributed by atoms with van der Waals surface area (Å²) in [7, 11) is 0. The van der Waals surface area contributed by atoms with E-state index in [9.17, 15) is 17.6 Å². The molecule has 0 fully saturated rings. The lowest BCUT2D eigenvalue weighted by Crippen LogP contribution is -2.32. The Kier molecular flexibility index (Phi) is 3.38. The van der Waals surface area contributed by atoms with Crippen LogP contribution >= 0.6 is 11.6 Å². The number of ether oxygens (including phenoxy) is 1. The van der Waals surface area contributed by atoms with Gasteiger partial charge in [-0.25, -0.2) is 8.78 Å². The maximum absolute atomic E-state index is 11.7. The van der Waals surface area contributed by atoms with E-state index in [4.69, 9.17) is 11.6 Å². The third-order valence-corrected chi connectivity index (χ3v) is 0.663. The van der Waals surface area contributed by atoms with Crippen LogP contribution in [0.25, 0.3) is 0 Å². The fraction of sp³-hybridized carbons (Fsp3) is 1.00. The van der Waals surface area contributed by atoms with Gasteiger partial charge in [0.1, 0.15) is 5.56 Å². The lowest BCUT2D eigenvalue weighted by molar-refractivity contribution is -0.305. The third kappa shape index (κ3) is 3.22. The number of hydrogen-bond acceptors (Lipinski definition) is 1. The lowest BCUT2D eigenvalue weighted by Gasteiger charge is -2.16. The predicted octanol–water partition coefficient (Wildman–Crippen LogP) is 2.45. The molecule has 0 amide bonds. The average Bonchev–Trinajstić information content (AvgIpc) is 1.60. The van der Waals surface area contributed by atoms with Crippen LogP contribution in [0.5, 0.6) is 0 Å². The monoisotopic (exact) mass is 180 g/mol. The van der Waals surface area contributed by atoms with Gasteiger partial charge in [-0.05, 0) is 6.92 Å². The number of halogens is 5. The molecule has 0 bridgehead atoms. The highest BCUT2D eigenvalue weighted by molar-refractivity contribution is 6.19. The molecule has 1 unspecified atom stereocenters. The molecule has 0 aromatic heterocycles. The highest BCUT2D eigenvalue weighted by Crippen LogP contribution is 2.26. The number of alkyl halides is 5. The van der Waals surface area contributed by atoms with E-state index in [0.29, 0.717) is 0 Å². The molecule has 0 aromatic carbocycles. The van der Waals surface area contributed by atoms with E-state index in [-0.39, 0.29) is 0 Å². The van der Waals surface area contributed by atoms with Crippen LogP contribution in [0.1, 0.15) is 6.92 Å². The average molecular weight is 181 g/mol. The second-order valence-corrected chi connectivity index (χ2v) is 2.14. The molecule has 0 radical (unpaired) electrons. The van der Waals surface area contributed by atoms with Crippen LogP contribution in [0.3, 0.4) is 0 Å². The van der Waals surface area contributed by atoms with E-state index >= 15 is 0 Å². The molecule has 0 aliphatic rings. The molecule has 0 rings (SSSR count). The summed E-state index contributed by atoms with van der Waals surface area (Å²) >= 11 is 4.87. The van der Waals surface area contributed by atoms with Gasteiger partial charge in [-0.1, -0.05) is 11.6 Å². The highest BCUT2D eigenvalue weighted by atomic mass is 35.5. The van der Waals surface area contributed by atoms with Gasteiger partial charge in [0.2, 0.25) is 0 Å². The lowest BCUT2D eigenvalue weighted by atomic mass is 10.6. The van der Waals surface area contributed by atoms with Crippen molar-refractivity contribution in [2.45, 2.75) is 25.0 Å². The Morgan fingerprint density at radius 1 is 1.40 bits per heavy atom. The van der Waals surface area contributed by atoms with Gasteiger partial charge in [0.25, 0.3) is 0 Å². The second-order valence-electron chi connectivity index (χ2n) is 1.52. The van der Waals surface area contributed by atoms with Gasteiger partial charge in [-0.15, -0.1) is 0 Å². The minimum Gasteiger partial charge on any atom is -0.297 e. The molecule has 1 atom stereocenters. The highest BCUT2D eigenvalue weighted by Gasteiger charge is 2.43. The zero-order valence-corrected chi connectivity index (χ0v) is 5.71. The van der Waals surface area contributed by atoms with E-state index in [0.717, 1.165) is 6.92 Å². The van der Waals surface area contributed by atoms with Crippen molar-refractivity contribution in [1.82, 2.24) is 0 Å². The van der Waals surface area contributed by atoms with Crippen LogP contribution < -0.4 is 0 Å². The van der Waals surface area contributed by atoms with Gasteiger partial charge in [0.15, 0.2) is 0 Å². The first-order valence-corrected chi connectivity index (χ1v) is 2.77. The van der Waals surface area contributed by atoms with Crippen LogP contribution in [0, 0.1) is 0 Å². The van der Waals surface area contributed by atoms with Crippen LogP contribution in [-0.4, -0.2) is 18.1 Å². The van der Waals surface area contributed by atoms with Gasteiger partial charge >= 0.3 is 12.5 Å². The molecule has 0 saturated heterocycles. The van der Waals surface area contributed by atoms with Crippen LogP contribution in [-0.2, 0) is 4.74 Å². The van der Waals surface area contributed by atoms with E-state index < -0.39 is 18.1 Å². The van der Waals surface area contributed by atoms with Crippen molar-refractivity contribution in [1.29, 1.82) is 0 Å². The molecule has 0 N–H and O–H groups in total. The van der Waals surface area contributed by atoms with Gasteiger partial charge in [0.05, 0.1) is 0 Å². The summed E-state index contributed by atoms with van der Waals surface area (Å²) in [6.07, 6.45) is -8.28. The Labute approximate surface area is 59.9 Å². The van der Waals surface area contributed by atoms with E-state index in [1.165, 1.54) is 0 Å². The van der Waals surface area contributed by atoms with Gasteiger partial charge in [-0.2, -0.15) is 8.78 Å². The quantitative estimate of drug-likeness (QED) is 0.479. The van der Waals surface area contributed by atoms with Gasteiger partial charge in [-0.3, -0.25) is 4.74 Å². The summed E-state index contributed by atoms with van der Waals surface area (Å²) in [5.74, 6) is 0. The smallest absolute Gasteiger partial charge is 0.297 e. The Morgan fingerprint density at radius 3 is 1.90 bits per heavy atom. The molecule has 0 aliphatic carbocycles. The standard InChI is InChI=1S/C4H5ClF4O/c1-2(5)10-4(8,9)3(6)7/h2-3H,1H3. The maximum Gasteiger partial charge on any atom is 0.417 e. The van der Waals surface area contributed by atoms with Crippen molar-refractivity contribution >= 4 is 11.6 Å². The molecule has 0 aromatic rings. The van der Waals surface area contributed by atoms with Crippen molar-refractivity contribution in [3.63, 3.8) is 0 Å². The molecule has 0 aliphatic heterocycles. The van der Waals surface area contributed by atoms with Crippen molar-refractivity contribution < 1.29 is 22.3 Å². The summed E-state index contributed by atoms with van der Waals surface area (Å²) in [5, 5.41) is 0. The van der Waals surface area contributed by atoms with Crippen LogP contribution in [0.15, 0.2) is 0 Å². The number of rotatable bonds is 3. The summed E-state index contributed by atoms with van der Waals surface area (Å²) < 4.78 is 49.3. The minimum absolute atomic E-state index is 1.03. The first-order valence-electron chi connectivity index (χ1n) is 2.34. The molecule has 0 saturated carbocycles. The topological polar surface area (TPSA) is 9.23 Å². The zero-order valence-electron chi connectivity index (χ0n) is 4.95. The molecule has 6 heteroatoms.